The lowest BCUT2D eigenvalue weighted by atomic mass is 9.95. The van der Waals surface area contributed by atoms with Gasteiger partial charge in [-0.2, -0.15) is 0 Å². The van der Waals surface area contributed by atoms with Gasteiger partial charge in [-0.25, -0.2) is 0 Å². The van der Waals surface area contributed by atoms with Crippen molar-refractivity contribution in [3.8, 4) is 0 Å². The second-order valence-electron chi connectivity index (χ2n) is 6.55. The van der Waals surface area contributed by atoms with Crippen LogP contribution >= 0.6 is 0 Å². The topological polar surface area (TPSA) is 58.2 Å². The Kier molecular flexibility index (Phi) is 5.83. The first-order valence-electron chi connectivity index (χ1n) is 8.95. The molecule has 0 saturated heterocycles. The summed E-state index contributed by atoms with van der Waals surface area (Å²) in [4.78, 5) is 24.5. The van der Waals surface area contributed by atoms with Crippen LogP contribution in [-0.4, -0.2) is 17.9 Å². The molecule has 1 saturated carbocycles. The predicted molar refractivity (Wildman–Crippen MR) is 98.4 cm³/mol. The Bertz CT molecular complexity index is 704. The lowest BCUT2D eigenvalue weighted by Crippen LogP contribution is -2.36. The highest BCUT2D eigenvalue weighted by atomic mass is 16.2. The van der Waals surface area contributed by atoms with Crippen molar-refractivity contribution in [1.29, 1.82) is 0 Å². The van der Waals surface area contributed by atoms with Gasteiger partial charge >= 0.3 is 0 Å². The maximum Gasteiger partial charge on any atom is 0.251 e. The van der Waals surface area contributed by atoms with E-state index in [4.69, 9.17) is 0 Å². The van der Waals surface area contributed by atoms with Crippen molar-refractivity contribution in [3.05, 3.63) is 71.3 Å². The van der Waals surface area contributed by atoms with Crippen LogP contribution < -0.4 is 10.6 Å². The Morgan fingerprint density at radius 3 is 2.04 bits per heavy atom. The first-order chi connectivity index (χ1) is 12.2. The molecule has 3 rings (SSSR count). The summed E-state index contributed by atoms with van der Waals surface area (Å²) in [6, 6.07) is 16.9. The van der Waals surface area contributed by atoms with Gasteiger partial charge in [0, 0.05) is 23.7 Å². The molecule has 2 aromatic rings. The summed E-state index contributed by atoms with van der Waals surface area (Å²) in [5.74, 6) is -0.189. The van der Waals surface area contributed by atoms with Crippen LogP contribution in [0.15, 0.2) is 54.6 Å². The highest BCUT2D eigenvalue weighted by molar-refractivity contribution is 5.97. The molecule has 2 amide bonds. The minimum Gasteiger partial charge on any atom is -0.349 e. The number of benzene rings is 2. The first-order valence-corrected chi connectivity index (χ1v) is 8.95. The Morgan fingerprint density at radius 2 is 1.40 bits per heavy atom. The average Bonchev–Trinajstić information content (AvgIpc) is 2.68. The molecule has 0 heterocycles. The molecule has 0 spiro atoms. The molecule has 0 unspecified atom stereocenters. The third-order valence-electron chi connectivity index (χ3n) is 4.65. The van der Waals surface area contributed by atoms with Crippen molar-refractivity contribution in [2.75, 3.05) is 0 Å². The normalized spacial score (nSPS) is 14.7. The summed E-state index contributed by atoms with van der Waals surface area (Å²) in [5.41, 5.74) is 2.22. The molecule has 0 radical (unpaired) electrons. The standard InChI is InChI=1S/C21H24N2O2/c24-20(22-15-16-7-3-1-4-8-16)17-11-13-18(14-12-17)21(25)23-19-9-5-2-6-10-19/h1,3-4,7-8,11-14,19H,2,5-6,9-10,15H2,(H,22,24)(H,23,25). The number of hydrogen-bond acceptors (Lipinski definition) is 2. The molecule has 130 valence electrons. The van der Waals surface area contributed by atoms with Gasteiger partial charge in [0.15, 0.2) is 0 Å². The zero-order valence-electron chi connectivity index (χ0n) is 14.3. The molecule has 0 aliphatic heterocycles. The zero-order chi connectivity index (χ0) is 17.5. The largest absolute Gasteiger partial charge is 0.349 e. The van der Waals surface area contributed by atoms with E-state index < -0.39 is 0 Å². The highest BCUT2D eigenvalue weighted by Crippen LogP contribution is 2.18. The summed E-state index contributed by atoms with van der Waals surface area (Å²) in [6.07, 6.45) is 5.76. The van der Waals surface area contributed by atoms with Crippen molar-refractivity contribution >= 4 is 11.8 Å². The lowest BCUT2D eigenvalue weighted by Gasteiger charge is -2.22. The van der Waals surface area contributed by atoms with E-state index in [9.17, 15) is 9.59 Å². The van der Waals surface area contributed by atoms with Crippen LogP contribution in [0.1, 0.15) is 58.4 Å². The fourth-order valence-corrected chi connectivity index (χ4v) is 3.17. The molecule has 25 heavy (non-hydrogen) atoms. The second kappa shape index (κ2) is 8.47. The van der Waals surface area contributed by atoms with Gasteiger partial charge in [-0.05, 0) is 42.7 Å². The molecular weight excluding hydrogens is 312 g/mol. The van der Waals surface area contributed by atoms with Crippen LogP contribution in [0.5, 0.6) is 0 Å². The number of carbonyl (C=O) groups is 2. The molecule has 1 aliphatic carbocycles. The third kappa shape index (κ3) is 4.92. The predicted octanol–water partition coefficient (Wildman–Crippen LogP) is 3.68. The van der Waals surface area contributed by atoms with Gasteiger partial charge in [-0.3, -0.25) is 9.59 Å². The molecule has 4 nitrogen and oxygen atoms in total. The first kappa shape index (κ1) is 17.2. The van der Waals surface area contributed by atoms with Crippen LogP contribution in [0.4, 0.5) is 0 Å². The van der Waals surface area contributed by atoms with Crippen molar-refractivity contribution in [2.24, 2.45) is 0 Å². The SMILES string of the molecule is O=C(NCc1ccccc1)c1ccc(C(=O)NC2CCCCC2)cc1. The highest BCUT2D eigenvalue weighted by Gasteiger charge is 2.16. The molecule has 2 N–H and O–H groups in total. The van der Waals surface area contributed by atoms with Crippen LogP contribution in [0.25, 0.3) is 0 Å². The van der Waals surface area contributed by atoms with E-state index in [0.29, 0.717) is 17.7 Å². The maximum absolute atomic E-state index is 12.3. The minimum atomic E-state index is -0.136. The minimum absolute atomic E-state index is 0.0526. The number of hydrogen-bond donors (Lipinski definition) is 2. The van der Waals surface area contributed by atoms with E-state index in [0.717, 1.165) is 18.4 Å². The molecule has 0 atom stereocenters. The van der Waals surface area contributed by atoms with Crippen LogP contribution in [0.2, 0.25) is 0 Å². The zero-order valence-corrected chi connectivity index (χ0v) is 14.3. The Labute approximate surface area is 148 Å². The average molecular weight is 336 g/mol. The summed E-state index contributed by atoms with van der Waals surface area (Å²) in [7, 11) is 0. The summed E-state index contributed by atoms with van der Waals surface area (Å²) >= 11 is 0. The van der Waals surface area contributed by atoms with E-state index >= 15 is 0 Å². The van der Waals surface area contributed by atoms with Gasteiger partial charge in [0.05, 0.1) is 0 Å². The molecule has 4 heteroatoms. The van der Waals surface area contributed by atoms with Crippen LogP contribution in [-0.2, 0) is 6.54 Å². The number of rotatable bonds is 5. The van der Waals surface area contributed by atoms with Gasteiger partial charge in [0.2, 0.25) is 0 Å². The monoisotopic (exact) mass is 336 g/mol. The Morgan fingerprint density at radius 1 is 0.800 bits per heavy atom. The van der Waals surface area contributed by atoms with Gasteiger partial charge in [0.1, 0.15) is 0 Å². The van der Waals surface area contributed by atoms with Crippen LogP contribution in [0, 0.1) is 0 Å². The number of carbonyl (C=O) groups excluding carboxylic acids is 2. The maximum atomic E-state index is 12.3. The molecule has 0 aromatic heterocycles. The Hall–Kier alpha value is -2.62. The fourth-order valence-electron chi connectivity index (χ4n) is 3.17. The number of amides is 2. The summed E-state index contributed by atoms with van der Waals surface area (Å²) in [6.45, 7) is 0.490. The van der Waals surface area contributed by atoms with E-state index in [1.165, 1.54) is 19.3 Å². The smallest absolute Gasteiger partial charge is 0.251 e. The molecule has 1 fully saturated rings. The molecule has 1 aliphatic rings. The van der Waals surface area contributed by atoms with Crippen molar-refractivity contribution in [3.63, 3.8) is 0 Å². The van der Waals surface area contributed by atoms with Crippen LogP contribution in [0.3, 0.4) is 0 Å². The summed E-state index contributed by atoms with van der Waals surface area (Å²) in [5, 5.41) is 5.98. The van der Waals surface area contributed by atoms with E-state index in [-0.39, 0.29) is 17.9 Å². The fraction of sp³-hybridized carbons (Fsp3) is 0.333. The van der Waals surface area contributed by atoms with Crippen molar-refractivity contribution in [2.45, 2.75) is 44.7 Å². The number of nitrogens with one attached hydrogen (secondary N) is 2. The molecule has 0 bridgehead atoms. The van der Waals surface area contributed by atoms with E-state index in [1.54, 1.807) is 24.3 Å². The van der Waals surface area contributed by atoms with Crippen molar-refractivity contribution < 1.29 is 9.59 Å². The van der Waals surface area contributed by atoms with E-state index in [1.807, 2.05) is 30.3 Å². The van der Waals surface area contributed by atoms with Gasteiger partial charge in [-0.1, -0.05) is 49.6 Å². The lowest BCUT2D eigenvalue weighted by molar-refractivity contribution is 0.0922. The molecular formula is C21H24N2O2. The van der Waals surface area contributed by atoms with Gasteiger partial charge in [-0.15, -0.1) is 0 Å². The molecule has 2 aromatic carbocycles. The van der Waals surface area contributed by atoms with E-state index in [2.05, 4.69) is 10.6 Å². The van der Waals surface area contributed by atoms with Crippen molar-refractivity contribution in [1.82, 2.24) is 10.6 Å². The quantitative estimate of drug-likeness (QED) is 0.875. The summed E-state index contributed by atoms with van der Waals surface area (Å²) < 4.78 is 0. The van der Waals surface area contributed by atoms with Gasteiger partial charge < -0.3 is 10.6 Å². The van der Waals surface area contributed by atoms with Gasteiger partial charge in [0.25, 0.3) is 11.8 Å². The second-order valence-corrected chi connectivity index (χ2v) is 6.55. The third-order valence-corrected chi connectivity index (χ3v) is 4.65. The Balaban J connectivity index is 1.53.